The zero-order valence-electron chi connectivity index (χ0n) is 7.75. The van der Waals surface area contributed by atoms with Crippen LogP contribution in [0, 0.1) is 0 Å². The van der Waals surface area contributed by atoms with Crippen LogP contribution in [-0.2, 0) is 7.05 Å². The molecule has 0 bridgehead atoms. The molecule has 2 aromatic rings. The maximum atomic E-state index is 11.8. The summed E-state index contributed by atoms with van der Waals surface area (Å²) < 4.78 is 2.36. The molecule has 2 rings (SSSR count). The number of hydrogen-bond acceptors (Lipinski definition) is 5. The van der Waals surface area contributed by atoms with E-state index in [1.807, 2.05) is 0 Å². The minimum atomic E-state index is -0.416. The fourth-order valence-corrected chi connectivity index (χ4v) is 2.14. The van der Waals surface area contributed by atoms with Gasteiger partial charge in [0.15, 0.2) is 0 Å². The second-order valence-corrected chi connectivity index (χ2v) is 3.93. The Kier molecular flexibility index (Phi) is 2.57. The van der Waals surface area contributed by atoms with E-state index in [9.17, 15) is 9.59 Å². The van der Waals surface area contributed by atoms with Crippen LogP contribution in [0.15, 0.2) is 28.0 Å². The van der Waals surface area contributed by atoms with Crippen molar-refractivity contribution in [3.05, 3.63) is 39.3 Å². The molecule has 0 atom stereocenters. The number of pyridine rings is 1. The van der Waals surface area contributed by atoms with Crippen molar-refractivity contribution >= 4 is 33.5 Å². The zero-order valence-corrected chi connectivity index (χ0v) is 9.46. The molecule has 0 N–H and O–H groups in total. The van der Waals surface area contributed by atoms with Crippen LogP contribution < -0.4 is 11.2 Å². The van der Waals surface area contributed by atoms with E-state index >= 15 is 0 Å². The number of rotatable bonds is 1. The van der Waals surface area contributed by atoms with E-state index in [0.29, 0.717) is 10.9 Å². The molecule has 15 heavy (non-hydrogen) atoms. The molecule has 0 saturated carbocycles. The first-order valence-corrected chi connectivity index (χ1v) is 5.87. The average molecular weight is 241 g/mol. The molecule has 0 aromatic carbocycles. The van der Waals surface area contributed by atoms with Crippen molar-refractivity contribution < 1.29 is 0 Å². The Bertz CT molecular complexity index is 632. The molecule has 0 amide bonds. The largest absolute Gasteiger partial charge is 0.342 e. The summed E-state index contributed by atoms with van der Waals surface area (Å²) >= 11 is 3.87. The first kappa shape index (κ1) is 10.3. The third-order valence-corrected chi connectivity index (χ3v) is 3.09. The van der Waals surface area contributed by atoms with E-state index in [2.05, 4.69) is 16.6 Å². The van der Waals surface area contributed by atoms with Gasteiger partial charge < -0.3 is 0 Å². The van der Waals surface area contributed by atoms with Gasteiger partial charge in [-0.3, -0.25) is 14.3 Å². The summed E-state index contributed by atoms with van der Waals surface area (Å²) in [5, 5.41) is 0.452. The number of thiol groups is 1. The number of hydrogen-bond donors (Lipinski definition) is 1. The van der Waals surface area contributed by atoms with Crippen molar-refractivity contribution in [1.82, 2.24) is 13.5 Å². The molecule has 0 fully saturated rings. The molecule has 0 radical (unpaired) electrons. The predicted octanol–water partition coefficient (Wildman–Crippen LogP) is 0.436. The molecule has 7 heteroatoms. The Hall–Kier alpha value is -1.21. The molecule has 0 saturated heterocycles. The normalized spacial score (nSPS) is 10.8. The van der Waals surface area contributed by atoms with E-state index in [0.717, 1.165) is 15.0 Å². The van der Waals surface area contributed by atoms with Crippen LogP contribution in [-0.4, -0.2) is 13.5 Å². The molecule has 2 aromatic heterocycles. The number of aromatic nitrogens is 3. The number of nitrogens with zero attached hydrogens (tertiary/aromatic N) is 3. The highest BCUT2D eigenvalue weighted by Gasteiger charge is 2.09. The van der Waals surface area contributed by atoms with Gasteiger partial charge in [0, 0.05) is 24.2 Å². The van der Waals surface area contributed by atoms with Gasteiger partial charge in [-0.25, -0.2) is 4.79 Å². The molecule has 0 spiro atoms. The smallest absolute Gasteiger partial charge is 0.294 e. The predicted molar refractivity (Wildman–Crippen MR) is 63.2 cm³/mol. The Morgan fingerprint density at radius 3 is 2.87 bits per heavy atom. The van der Waals surface area contributed by atoms with Crippen LogP contribution in [0.1, 0.15) is 0 Å². The Morgan fingerprint density at radius 1 is 1.47 bits per heavy atom. The van der Waals surface area contributed by atoms with Crippen molar-refractivity contribution in [3.8, 4) is 0 Å². The minimum Gasteiger partial charge on any atom is -0.294 e. The first-order valence-electron chi connectivity index (χ1n) is 4.04. The highest BCUT2D eigenvalue weighted by Crippen LogP contribution is 2.08. The summed E-state index contributed by atoms with van der Waals surface area (Å²) in [5.74, 6) is 0. The van der Waals surface area contributed by atoms with Gasteiger partial charge >= 0.3 is 5.69 Å². The Balaban J connectivity index is 3.10. The van der Waals surface area contributed by atoms with Crippen molar-refractivity contribution in [2.45, 2.75) is 0 Å². The summed E-state index contributed by atoms with van der Waals surface area (Å²) in [6.07, 6.45) is 3.01. The highest BCUT2D eigenvalue weighted by atomic mass is 33.1. The summed E-state index contributed by atoms with van der Waals surface area (Å²) in [5.41, 5.74) is -0.262. The second-order valence-electron chi connectivity index (χ2n) is 2.92. The molecule has 5 nitrogen and oxygen atoms in total. The van der Waals surface area contributed by atoms with Crippen LogP contribution in [0.3, 0.4) is 0 Å². The lowest BCUT2D eigenvalue weighted by Crippen LogP contribution is -2.35. The Labute approximate surface area is 93.7 Å². The van der Waals surface area contributed by atoms with Gasteiger partial charge in [0.05, 0.1) is 17.1 Å². The third kappa shape index (κ3) is 1.47. The molecule has 0 aliphatic heterocycles. The van der Waals surface area contributed by atoms with Gasteiger partial charge in [-0.05, 0) is 6.07 Å². The Morgan fingerprint density at radius 2 is 2.20 bits per heavy atom. The minimum absolute atomic E-state index is 0.365. The monoisotopic (exact) mass is 241 g/mol. The zero-order chi connectivity index (χ0) is 11.0. The van der Waals surface area contributed by atoms with Gasteiger partial charge in [0.1, 0.15) is 0 Å². The van der Waals surface area contributed by atoms with E-state index in [1.54, 1.807) is 13.1 Å². The fraction of sp³-hybridized carbons (Fsp3) is 0.125. The molecule has 0 unspecified atom stereocenters. The lowest BCUT2D eigenvalue weighted by atomic mass is 10.3. The standard InChI is InChI=1S/C8H7N3O2S2/c1-10-6-4-9-3-2-5(6)7(12)11(15-14)8(10)13/h2-4,14H,1H3. The lowest BCUT2D eigenvalue weighted by Gasteiger charge is -2.06. The lowest BCUT2D eigenvalue weighted by molar-refractivity contribution is 0.820. The highest BCUT2D eigenvalue weighted by molar-refractivity contribution is 8.67. The average Bonchev–Trinajstić information content (AvgIpc) is 2.27. The quantitative estimate of drug-likeness (QED) is 0.581. The molecule has 78 valence electrons. The van der Waals surface area contributed by atoms with E-state index in [-0.39, 0.29) is 5.56 Å². The summed E-state index contributed by atoms with van der Waals surface area (Å²) in [6, 6.07) is 1.58. The molecule has 2 heterocycles. The molecule has 0 aliphatic carbocycles. The third-order valence-electron chi connectivity index (χ3n) is 2.12. The number of fused-ring (bicyclic) bond motifs is 1. The van der Waals surface area contributed by atoms with E-state index in [1.165, 1.54) is 17.0 Å². The van der Waals surface area contributed by atoms with Crippen molar-refractivity contribution in [2.75, 3.05) is 0 Å². The fourth-order valence-electron chi connectivity index (χ4n) is 1.34. The topological polar surface area (TPSA) is 56.9 Å². The van der Waals surface area contributed by atoms with Crippen molar-refractivity contribution in [2.24, 2.45) is 7.05 Å². The van der Waals surface area contributed by atoms with Gasteiger partial charge in [-0.15, -0.1) is 0 Å². The molecular formula is C8H7N3O2S2. The molecular weight excluding hydrogens is 234 g/mol. The molecule has 0 aliphatic rings. The second kappa shape index (κ2) is 3.74. The maximum Gasteiger partial charge on any atom is 0.342 e. The summed E-state index contributed by atoms with van der Waals surface area (Å²) in [7, 11) is 2.39. The van der Waals surface area contributed by atoms with Crippen LogP contribution in [0.4, 0.5) is 0 Å². The van der Waals surface area contributed by atoms with E-state index in [4.69, 9.17) is 0 Å². The van der Waals surface area contributed by atoms with Crippen LogP contribution in [0.5, 0.6) is 0 Å². The van der Waals surface area contributed by atoms with Crippen LogP contribution >= 0.6 is 22.6 Å². The van der Waals surface area contributed by atoms with Crippen molar-refractivity contribution in [3.63, 3.8) is 0 Å². The summed E-state index contributed by atoms with van der Waals surface area (Å²) in [6.45, 7) is 0. The van der Waals surface area contributed by atoms with Gasteiger partial charge in [0.25, 0.3) is 5.56 Å². The van der Waals surface area contributed by atoms with Crippen LogP contribution in [0.2, 0.25) is 0 Å². The maximum absolute atomic E-state index is 11.8. The SMILES string of the molecule is Cn1c(=O)n(SS)c(=O)c2ccncc21. The number of aryl methyl sites for hydroxylation is 1. The van der Waals surface area contributed by atoms with Crippen LogP contribution in [0.25, 0.3) is 10.9 Å². The van der Waals surface area contributed by atoms with E-state index < -0.39 is 5.69 Å². The van der Waals surface area contributed by atoms with Crippen molar-refractivity contribution in [1.29, 1.82) is 0 Å². The van der Waals surface area contributed by atoms with Gasteiger partial charge in [-0.2, -0.15) is 3.97 Å². The first-order chi connectivity index (χ1) is 7.16. The summed E-state index contributed by atoms with van der Waals surface area (Å²) in [4.78, 5) is 27.3. The van der Waals surface area contributed by atoms with Gasteiger partial charge in [-0.1, -0.05) is 11.7 Å². The van der Waals surface area contributed by atoms with Gasteiger partial charge in [0.2, 0.25) is 0 Å².